The van der Waals surface area contributed by atoms with Crippen molar-refractivity contribution < 1.29 is 4.42 Å². The number of hydrogen-bond acceptors (Lipinski definition) is 4. The van der Waals surface area contributed by atoms with Gasteiger partial charge in [-0.3, -0.25) is 0 Å². The summed E-state index contributed by atoms with van der Waals surface area (Å²) < 4.78 is 6.41. The number of hydrogen-bond donors (Lipinski definition) is 1. The number of fused-ring (bicyclic) bond motifs is 3. The Hall–Kier alpha value is -5.74. The van der Waals surface area contributed by atoms with E-state index < -0.39 is 0 Å². The van der Waals surface area contributed by atoms with Crippen LogP contribution in [0.2, 0.25) is 0 Å². The molecule has 6 aromatic carbocycles. The van der Waals surface area contributed by atoms with Crippen molar-refractivity contribution in [2.75, 3.05) is 0 Å². The monoisotopic (exact) mass is 553 g/mol. The number of aliphatic imine (C=N–C) groups is 2. The highest BCUT2D eigenvalue weighted by Crippen LogP contribution is 2.36. The first-order valence-electron chi connectivity index (χ1n) is 14.5. The third-order valence-corrected chi connectivity index (χ3v) is 7.97. The maximum atomic E-state index is 6.41. The van der Waals surface area contributed by atoms with E-state index in [0.29, 0.717) is 5.84 Å². The molecule has 0 fully saturated rings. The Morgan fingerprint density at radius 1 is 0.512 bits per heavy atom. The molecule has 2 heterocycles. The van der Waals surface area contributed by atoms with E-state index in [9.17, 15) is 0 Å². The van der Waals surface area contributed by atoms with E-state index in [4.69, 9.17) is 14.4 Å². The molecule has 204 valence electrons. The molecular weight excluding hydrogens is 526 g/mol. The average Bonchev–Trinajstić information content (AvgIpc) is 3.47. The van der Waals surface area contributed by atoms with E-state index >= 15 is 0 Å². The van der Waals surface area contributed by atoms with Gasteiger partial charge in [-0.1, -0.05) is 133 Å². The molecule has 0 bridgehead atoms. The first-order valence-corrected chi connectivity index (χ1v) is 14.5. The third kappa shape index (κ3) is 4.69. The van der Waals surface area contributed by atoms with Gasteiger partial charge in [0.25, 0.3) is 0 Å². The highest BCUT2D eigenvalue weighted by Gasteiger charge is 2.23. The van der Waals surface area contributed by atoms with Crippen molar-refractivity contribution in [3.05, 3.63) is 168 Å². The predicted molar refractivity (Wildman–Crippen MR) is 176 cm³/mol. The van der Waals surface area contributed by atoms with Crippen molar-refractivity contribution in [3.8, 4) is 22.3 Å². The van der Waals surface area contributed by atoms with Crippen LogP contribution in [-0.2, 0) is 0 Å². The van der Waals surface area contributed by atoms with Crippen molar-refractivity contribution in [2.45, 2.75) is 6.17 Å². The molecule has 1 N–H and O–H groups in total. The molecule has 4 heteroatoms. The Morgan fingerprint density at radius 2 is 1.12 bits per heavy atom. The lowest BCUT2D eigenvalue weighted by Gasteiger charge is -2.24. The Labute approximate surface area is 249 Å². The molecule has 0 aliphatic carbocycles. The standard InChI is InChI=1S/C39H27N3O/c1-4-11-26(12-5-1)28-19-21-30(22-20-28)38-40-37(29-15-8-3-9-16-29)41-39(42-38)33-17-10-18-34-36(33)32-24-23-31(25-35(32)43-34)27-13-6-2-7-14-27/h1-25,38H,(H,40,41,42). The van der Waals surface area contributed by atoms with Crippen LogP contribution < -0.4 is 5.32 Å². The van der Waals surface area contributed by atoms with Crippen LogP contribution in [0.1, 0.15) is 22.9 Å². The molecule has 0 saturated carbocycles. The van der Waals surface area contributed by atoms with Gasteiger partial charge in [-0.15, -0.1) is 0 Å². The van der Waals surface area contributed by atoms with E-state index in [1.165, 1.54) is 11.1 Å². The summed E-state index contributed by atoms with van der Waals surface area (Å²) in [7, 11) is 0. The van der Waals surface area contributed by atoms with Crippen molar-refractivity contribution in [3.63, 3.8) is 0 Å². The lowest BCUT2D eigenvalue weighted by Crippen LogP contribution is -2.33. The fraction of sp³-hybridized carbons (Fsp3) is 0.0256. The molecule has 7 aromatic rings. The molecule has 1 aliphatic heterocycles. The molecule has 1 aliphatic rings. The highest BCUT2D eigenvalue weighted by atomic mass is 16.3. The number of nitrogens with zero attached hydrogens (tertiary/aromatic N) is 2. The fourth-order valence-corrected chi connectivity index (χ4v) is 5.79. The molecule has 43 heavy (non-hydrogen) atoms. The van der Waals surface area contributed by atoms with Crippen LogP contribution >= 0.6 is 0 Å². The zero-order chi connectivity index (χ0) is 28.6. The van der Waals surface area contributed by atoms with E-state index in [1.807, 2.05) is 42.5 Å². The number of furan rings is 1. The zero-order valence-corrected chi connectivity index (χ0v) is 23.3. The first kappa shape index (κ1) is 25.0. The topological polar surface area (TPSA) is 49.9 Å². The summed E-state index contributed by atoms with van der Waals surface area (Å²) in [4.78, 5) is 10.3. The quantitative estimate of drug-likeness (QED) is 0.231. The van der Waals surface area contributed by atoms with Crippen LogP contribution in [-0.4, -0.2) is 11.7 Å². The molecule has 1 unspecified atom stereocenters. The molecule has 0 amide bonds. The minimum Gasteiger partial charge on any atom is -0.456 e. The van der Waals surface area contributed by atoms with Gasteiger partial charge in [-0.25, -0.2) is 9.98 Å². The summed E-state index contributed by atoms with van der Waals surface area (Å²) in [6, 6.07) is 52.2. The van der Waals surface area contributed by atoms with Crippen molar-refractivity contribution in [1.29, 1.82) is 0 Å². The van der Waals surface area contributed by atoms with Gasteiger partial charge in [-0.2, -0.15) is 0 Å². The highest BCUT2D eigenvalue weighted by molar-refractivity contribution is 6.22. The maximum absolute atomic E-state index is 6.41. The molecule has 4 nitrogen and oxygen atoms in total. The Morgan fingerprint density at radius 3 is 1.81 bits per heavy atom. The van der Waals surface area contributed by atoms with Crippen LogP contribution in [0.15, 0.2) is 166 Å². The summed E-state index contributed by atoms with van der Waals surface area (Å²) in [6.45, 7) is 0. The lowest BCUT2D eigenvalue weighted by atomic mass is 10.0. The normalized spacial score (nSPS) is 14.7. The molecule has 1 atom stereocenters. The number of rotatable bonds is 5. The summed E-state index contributed by atoms with van der Waals surface area (Å²) in [5.74, 6) is 1.47. The van der Waals surface area contributed by atoms with Gasteiger partial charge in [0.2, 0.25) is 0 Å². The SMILES string of the molecule is c1ccc(C2=NC(c3cccc4oc5cc(-c6ccccc6)ccc5c34)=NC(c3ccc(-c4ccccc4)cc3)N2)cc1. The minimum absolute atomic E-state index is 0.300. The smallest absolute Gasteiger partial charge is 0.160 e. The summed E-state index contributed by atoms with van der Waals surface area (Å²) in [6.07, 6.45) is -0.300. The summed E-state index contributed by atoms with van der Waals surface area (Å²) in [5, 5.41) is 5.66. The first-order chi connectivity index (χ1) is 21.3. The van der Waals surface area contributed by atoms with Crippen molar-refractivity contribution in [1.82, 2.24) is 5.32 Å². The van der Waals surface area contributed by atoms with Crippen LogP contribution in [0.3, 0.4) is 0 Å². The van der Waals surface area contributed by atoms with Gasteiger partial charge >= 0.3 is 0 Å². The zero-order valence-electron chi connectivity index (χ0n) is 23.3. The molecule has 0 radical (unpaired) electrons. The van der Waals surface area contributed by atoms with Gasteiger partial charge in [0.05, 0.1) is 0 Å². The second-order valence-electron chi connectivity index (χ2n) is 10.7. The van der Waals surface area contributed by atoms with Gasteiger partial charge < -0.3 is 9.73 Å². The van der Waals surface area contributed by atoms with Gasteiger partial charge in [0, 0.05) is 21.9 Å². The minimum atomic E-state index is -0.300. The molecular formula is C39H27N3O. The molecule has 1 aromatic heterocycles. The Bertz CT molecular complexity index is 2130. The number of amidine groups is 2. The summed E-state index contributed by atoms with van der Waals surface area (Å²) >= 11 is 0. The number of benzene rings is 6. The molecule has 0 spiro atoms. The van der Waals surface area contributed by atoms with E-state index in [1.54, 1.807) is 0 Å². The van der Waals surface area contributed by atoms with E-state index in [-0.39, 0.29) is 6.17 Å². The molecule has 8 rings (SSSR count). The second kappa shape index (κ2) is 10.6. The Kier molecular flexibility index (Phi) is 6.16. The maximum Gasteiger partial charge on any atom is 0.160 e. The number of nitrogens with one attached hydrogen (secondary N) is 1. The van der Waals surface area contributed by atoms with Crippen LogP contribution in [0.25, 0.3) is 44.2 Å². The summed E-state index contributed by atoms with van der Waals surface area (Å²) in [5.41, 5.74) is 9.33. The second-order valence-corrected chi connectivity index (χ2v) is 10.7. The lowest BCUT2D eigenvalue weighted by molar-refractivity contribution is 0.668. The van der Waals surface area contributed by atoms with E-state index in [2.05, 4.69) is 115 Å². The van der Waals surface area contributed by atoms with Gasteiger partial charge in [0.15, 0.2) is 5.84 Å². The van der Waals surface area contributed by atoms with Gasteiger partial charge in [0.1, 0.15) is 23.2 Å². The van der Waals surface area contributed by atoms with Crippen molar-refractivity contribution >= 4 is 33.6 Å². The van der Waals surface area contributed by atoms with Crippen LogP contribution in [0, 0.1) is 0 Å². The fourth-order valence-electron chi connectivity index (χ4n) is 5.79. The average molecular weight is 554 g/mol. The van der Waals surface area contributed by atoms with Crippen LogP contribution in [0.4, 0.5) is 0 Å². The van der Waals surface area contributed by atoms with Crippen molar-refractivity contribution in [2.24, 2.45) is 9.98 Å². The Balaban J connectivity index is 1.25. The molecule has 0 saturated heterocycles. The van der Waals surface area contributed by atoms with E-state index in [0.717, 1.165) is 55.6 Å². The third-order valence-electron chi connectivity index (χ3n) is 7.97. The van der Waals surface area contributed by atoms with Gasteiger partial charge in [-0.05, 0) is 46.0 Å². The van der Waals surface area contributed by atoms with Crippen LogP contribution in [0.5, 0.6) is 0 Å². The largest absolute Gasteiger partial charge is 0.456 e. The predicted octanol–water partition coefficient (Wildman–Crippen LogP) is 9.42.